The molecule has 5 nitrogen and oxygen atoms in total. The van der Waals surface area contributed by atoms with Crippen LogP contribution in [0.15, 0.2) is 24.3 Å². The zero-order chi connectivity index (χ0) is 9.26. The first-order valence-corrected chi connectivity index (χ1v) is 3.82. The van der Waals surface area contributed by atoms with E-state index in [1.165, 1.54) is 4.80 Å². The summed E-state index contributed by atoms with van der Waals surface area (Å²) in [6, 6.07) is 6.59. The zero-order valence-electron chi connectivity index (χ0n) is 7.05. The molecule has 1 aromatic carbocycles. The van der Waals surface area contributed by atoms with E-state index in [0.29, 0.717) is 5.82 Å². The fourth-order valence-electron chi connectivity index (χ4n) is 0.980. The Balaban J connectivity index is 2.41. The average molecular weight is 176 g/mol. The van der Waals surface area contributed by atoms with Gasteiger partial charge in [0.2, 0.25) is 0 Å². The summed E-state index contributed by atoms with van der Waals surface area (Å²) in [4.78, 5) is 1.41. The van der Waals surface area contributed by atoms with Crippen LogP contribution in [0, 0.1) is 6.92 Å². The van der Waals surface area contributed by atoms with Gasteiger partial charge in [0, 0.05) is 0 Å². The first-order valence-electron chi connectivity index (χ1n) is 3.82. The maximum absolute atomic E-state index is 9.04. The highest BCUT2D eigenvalue weighted by molar-refractivity contribution is 5.34. The van der Waals surface area contributed by atoms with Gasteiger partial charge >= 0.3 is 0 Å². The van der Waals surface area contributed by atoms with E-state index < -0.39 is 0 Å². The minimum Gasteiger partial charge on any atom is -0.508 e. The fraction of sp³-hybridized carbons (Fsp3) is 0.125. The molecular weight excluding hydrogens is 168 g/mol. The van der Waals surface area contributed by atoms with Crippen LogP contribution < -0.4 is 0 Å². The van der Waals surface area contributed by atoms with Crippen LogP contribution in [0.4, 0.5) is 0 Å². The summed E-state index contributed by atoms with van der Waals surface area (Å²) in [6.45, 7) is 1.77. The molecule has 2 aromatic rings. The quantitative estimate of drug-likeness (QED) is 0.693. The smallest absolute Gasteiger partial charge is 0.172 e. The van der Waals surface area contributed by atoms with Gasteiger partial charge in [0.1, 0.15) is 5.75 Å². The topological polar surface area (TPSA) is 63.8 Å². The molecule has 1 heterocycles. The Hall–Kier alpha value is -1.91. The van der Waals surface area contributed by atoms with E-state index in [-0.39, 0.29) is 5.75 Å². The van der Waals surface area contributed by atoms with Crippen molar-refractivity contribution in [3.05, 3.63) is 30.1 Å². The number of phenols is 1. The lowest BCUT2D eigenvalue weighted by atomic mass is 10.3. The van der Waals surface area contributed by atoms with Gasteiger partial charge in [0.05, 0.1) is 5.69 Å². The maximum atomic E-state index is 9.04. The van der Waals surface area contributed by atoms with Gasteiger partial charge < -0.3 is 5.11 Å². The van der Waals surface area contributed by atoms with Crippen molar-refractivity contribution >= 4 is 0 Å². The molecule has 0 atom stereocenters. The van der Waals surface area contributed by atoms with Crippen LogP contribution >= 0.6 is 0 Å². The summed E-state index contributed by atoms with van der Waals surface area (Å²) in [7, 11) is 0. The second-order valence-corrected chi connectivity index (χ2v) is 2.64. The molecule has 13 heavy (non-hydrogen) atoms. The lowest BCUT2D eigenvalue weighted by molar-refractivity contribution is 0.475. The first kappa shape index (κ1) is 7.72. The molecule has 66 valence electrons. The van der Waals surface area contributed by atoms with E-state index in [2.05, 4.69) is 15.4 Å². The molecule has 0 saturated carbocycles. The van der Waals surface area contributed by atoms with Crippen LogP contribution in [0.25, 0.3) is 5.69 Å². The predicted molar refractivity (Wildman–Crippen MR) is 45.6 cm³/mol. The summed E-state index contributed by atoms with van der Waals surface area (Å²) in [5.41, 5.74) is 0.776. The van der Waals surface area contributed by atoms with Crippen molar-refractivity contribution in [2.45, 2.75) is 6.92 Å². The molecule has 0 radical (unpaired) electrons. The summed E-state index contributed by atoms with van der Waals surface area (Å²) in [5.74, 6) is 0.841. The van der Waals surface area contributed by atoms with Gasteiger partial charge in [0.15, 0.2) is 5.82 Å². The number of benzene rings is 1. The largest absolute Gasteiger partial charge is 0.508 e. The number of phenolic OH excluding ortho intramolecular Hbond substituents is 1. The van der Waals surface area contributed by atoms with Crippen molar-refractivity contribution in [3.8, 4) is 11.4 Å². The number of aryl methyl sites for hydroxylation is 1. The number of tetrazole rings is 1. The van der Waals surface area contributed by atoms with Gasteiger partial charge in [-0.15, -0.1) is 15.0 Å². The molecule has 0 aliphatic heterocycles. The molecule has 1 aromatic heterocycles. The molecular formula is C8H8N4O. The molecule has 0 bridgehead atoms. The highest BCUT2D eigenvalue weighted by atomic mass is 16.3. The lowest BCUT2D eigenvalue weighted by Crippen LogP contribution is -1.98. The molecule has 5 heteroatoms. The average Bonchev–Trinajstić information content (AvgIpc) is 2.53. The summed E-state index contributed by atoms with van der Waals surface area (Å²) in [5, 5.41) is 20.6. The van der Waals surface area contributed by atoms with Crippen LogP contribution in [-0.2, 0) is 0 Å². The molecule has 0 aliphatic rings. The monoisotopic (exact) mass is 176 g/mol. The number of rotatable bonds is 1. The Bertz CT molecular complexity index is 406. The fourth-order valence-corrected chi connectivity index (χ4v) is 0.980. The normalized spacial score (nSPS) is 10.2. The number of hydrogen-bond acceptors (Lipinski definition) is 4. The van der Waals surface area contributed by atoms with Crippen LogP contribution in [0.1, 0.15) is 5.82 Å². The summed E-state index contributed by atoms with van der Waals surface area (Å²) in [6.07, 6.45) is 0. The molecule has 0 aliphatic carbocycles. The number of nitrogens with zero attached hydrogens (tertiary/aromatic N) is 4. The molecule has 0 spiro atoms. The SMILES string of the molecule is Cc1nnn(-c2ccc(O)cc2)n1. The number of hydrogen-bond donors (Lipinski definition) is 1. The Labute approximate surface area is 74.6 Å². The van der Waals surface area contributed by atoms with E-state index >= 15 is 0 Å². The van der Waals surface area contributed by atoms with Gasteiger partial charge in [-0.2, -0.15) is 0 Å². The van der Waals surface area contributed by atoms with E-state index in [9.17, 15) is 0 Å². The highest BCUT2D eigenvalue weighted by Gasteiger charge is 1.99. The van der Waals surface area contributed by atoms with Crippen molar-refractivity contribution in [2.75, 3.05) is 0 Å². The van der Waals surface area contributed by atoms with Gasteiger partial charge in [-0.25, -0.2) is 0 Å². The molecule has 2 rings (SSSR count). The minimum absolute atomic E-state index is 0.223. The summed E-state index contributed by atoms with van der Waals surface area (Å²) < 4.78 is 0. The first-order chi connectivity index (χ1) is 6.25. The second-order valence-electron chi connectivity index (χ2n) is 2.64. The van der Waals surface area contributed by atoms with Crippen LogP contribution in [0.3, 0.4) is 0 Å². The van der Waals surface area contributed by atoms with Crippen LogP contribution in [-0.4, -0.2) is 25.3 Å². The Morgan fingerprint density at radius 2 is 1.92 bits per heavy atom. The Morgan fingerprint density at radius 3 is 2.46 bits per heavy atom. The standard InChI is InChI=1S/C8H8N4O/c1-6-9-11-12(10-6)7-2-4-8(13)5-3-7/h2-5,13H,1H3. The van der Waals surface area contributed by atoms with Gasteiger partial charge in [0.25, 0.3) is 0 Å². The third-order valence-corrected chi connectivity index (χ3v) is 1.59. The zero-order valence-corrected chi connectivity index (χ0v) is 7.05. The van der Waals surface area contributed by atoms with E-state index in [1.54, 1.807) is 31.2 Å². The molecule has 0 amide bonds. The van der Waals surface area contributed by atoms with Gasteiger partial charge in [-0.3, -0.25) is 0 Å². The van der Waals surface area contributed by atoms with Gasteiger partial charge in [-0.1, -0.05) is 0 Å². The summed E-state index contributed by atoms with van der Waals surface area (Å²) >= 11 is 0. The van der Waals surface area contributed by atoms with Crippen molar-refractivity contribution in [2.24, 2.45) is 0 Å². The number of aromatic hydroxyl groups is 1. The van der Waals surface area contributed by atoms with E-state index in [4.69, 9.17) is 5.11 Å². The third-order valence-electron chi connectivity index (χ3n) is 1.59. The maximum Gasteiger partial charge on any atom is 0.172 e. The second kappa shape index (κ2) is 2.85. The van der Waals surface area contributed by atoms with Crippen molar-refractivity contribution in [1.82, 2.24) is 20.2 Å². The lowest BCUT2D eigenvalue weighted by Gasteiger charge is -1.96. The third kappa shape index (κ3) is 1.48. The van der Waals surface area contributed by atoms with Crippen molar-refractivity contribution in [3.63, 3.8) is 0 Å². The Morgan fingerprint density at radius 1 is 1.23 bits per heavy atom. The molecule has 0 fully saturated rings. The van der Waals surface area contributed by atoms with Crippen molar-refractivity contribution in [1.29, 1.82) is 0 Å². The van der Waals surface area contributed by atoms with Crippen molar-refractivity contribution < 1.29 is 5.11 Å². The molecule has 1 N–H and O–H groups in total. The van der Waals surface area contributed by atoms with Gasteiger partial charge in [-0.05, 0) is 36.4 Å². The highest BCUT2D eigenvalue weighted by Crippen LogP contribution is 2.11. The molecule has 0 unspecified atom stereocenters. The minimum atomic E-state index is 0.223. The van der Waals surface area contributed by atoms with Crippen LogP contribution in [0.2, 0.25) is 0 Å². The van der Waals surface area contributed by atoms with Crippen LogP contribution in [0.5, 0.6) is 5.75 Å². The predicted octanol–water partition coefficient (Wildman–Crippen LogP) is 0.676. The Kier molecular flexibility index (Phi) is 1.70. The van der Waals surface area contributed by atoms with E-state index in [0.717, 1.165) is 5.69 Å². The molecule has 0 saturated heterocycles. The van der Waals surface area contributed by atoms with E-state index in [1.807, 2.05) is 0 Å². The number of aromatic nitrogens is 4.